The first-order chi connectivity index (χ1) is 12.3. The fourth-order valence-corrected chi connectivity index (χ4v) is 9.29. The van der Waals surface area contributed by atoms with E-state index in [4.69, 9.17) is 27.8 Å². The highest BCUT2D eigenvalue weighted by atomic mass is 33.5. The second-order valence-electron chi connectivity index (χ2n) is 4.56. The summed E-state index contributed by atoms with van der Waals surface area (Å²) in [6.07, 6.45) is 0. The lowest BCUT2D eigenvalue weighted by Crippen LogP contribution is -2.23. The molecule has 0 atom stereocenters. The van der Waals surface area contributed by atoms with Crippen LogP contribution in [0.15, 0.2) is 0 Å². The Morgan fingerprint density at radius 2 is 1.00 bits per heavy atom. The molecule has 0 bridgehead atoms. The summed E-state index contributed by atoms with van der Waals surface area (Å²) in [5, 5.41) is 0. The summed E-state index contributed by atoms with van der Waals surface area (Å²) in [6, 6.07) is 2.24. The van der Waals surface area contributed by atoms with Gasteiger partial charge < -0.3 is 27.8 Å². The van der Waals surface area contributed by atoms with Crippen molar-refractivity contribution in [2.45, 2.75) is 52.7 Å². The molecule has 0 aliphatic heterocycles. The fraction of sp³-hybridized carbons (Fsp3) is 1.00. The van der Waals surface area contributed by atoms with E-state index in [2.05, 4.69) is 0 Å². The van der Waals surface area contributed by atoms with Crippen molar-refractivity contribution in [3.63, 3.8) is 0 Å². The molecule has 0 spiro atoms. The topological polar surface area (TPSA) is 55.4 Å². The molecule has 0 aliphatic rings. The number of hydrogen-bond donors (Lipinski definition) is 0. The largest absolute Gasteiger partial charge is 0.379 e. The molecule has 0 fully saturated rings. The lowest BCUT2D eigenvalue weighted by molar-refractivity contribution is -0.243. The average molecular weight is 451 g/mol. The minimum atomic E-state index is -0.578. The summed E-state index contributed by atoms with van der Waals surface area (Å²) in [7, 11) is 4.48. The van der Waals surface area contributed by atoms with Crippen molar-refractivity contribution >= 4 is 50.9 Å². The second kappa shape index (κ2) is 21.5. The van der Waals surface area contributed by atoms with Crippen LogP contribution >= 0.6 is 31.4 Å². The predicted molar refractivity (Wildman–Crippen MR) is 115 cm³/mol. The van der Waals surface area contributed by atoms with Crippen molar-refractivity contribution < 1.29 is 27.8 Å². The average Bonchev–Trinajstić information content (AvgIpc) is 2.60. The Morgan fingerprint density at radius 3 is 1.32 bits per heavy atom. The molecule has 0 heterocycles. The molecule has 0 unspecified atom stereocenters. The minimum absolute atomic E-state index is 0.462. The van der Waals surface area contributed by atoms with Gasteiger partial charge in [0.15, 0.2) is 19.5 Å². The summed E-state index contributed by atoms with van der Waals surface area (Å²) in [5.41, 5.74) is 0. The summed E-state index contributed by atoms with van der Waals surface area (Å²) < 4.78 is 32.8. The van der Waals surface area contributed by atoms with Crippen LogP contribution in [-0.4, -0.2) is 70.4 Å². The molecule has 0 aliphatic carbocycles. The van der Waals surface area contributed by atoms with E-state index in [1.165, 1.54) is 0 Å². The third-order valence-corrected chi connectivity index (χ3v) is 10.3. The molecule has 0 radical (unpaired) electrons. The van der Waals surface area contributed by atoms with Crippen molar-refractivity contribution in [2.75, 3.05) is 37.9 Å². The van der Waals surface area contributed by atoms with Crippen molar-refractivity contribution in [3.8, 4) is 0 Å². The molecule has 0 saturated carbocycles. The molecule has 6 nitrogen and oxygen atoms in total. The van der Waals surface area contributed by atoms with Crippen LogP contribution in [-0.2, 0) is 27.8 Å². The van der Waals surface area contributed by atoms with Crippen molar-refractivity contribution in [3.05, 3.63) is 0 Å². The number of hydrogen-bond acceptors (Lipinski definition) is 9. The van der Waals surface area contributed by atoms with Crippen LogP contribution < -0.4 is 0 Å². The van der Waals surface area contributed by atoms with E-state index in [0.29, 0.717) is 26.4 Å². The molecule has 0 saturated heterocycles. The summed E-state index contributed by atoms with van der Waals surface area (Å²) >= 11 is 0. The summed E-state index contributed by atoms with van der Waals surface area (Å²) in [6.45, 7) is 9.32. The molecular formula is C14H34O6S3Si2. The van der Waals surface area contributed by atoms with Crippen LogP contribution in [0.1, 0.15) is 27.7 Å². The normalized spacial score (nSPS) is 12.7. The standard InChI is InChI=1S/C14H34O6S3Si2/c1-5-15-13(16-6-2)19-24-11-9-21-23-22-10-12-25-20-14(17-7-3)18-8-4/h13-14H,5-12,24-25H2,1-4H3. The predicted octanol–water partition coefficient (Wildman–Crippen LogP) is 2.77. The fourth-order valence-electron chi connectivity index (χ4n) is 1.53. The molecule has 0 aromatic heterocycles. The zero-order valence-electron chi connectivity index (χ0n) is 15.9. The van der Waals surface area contributed by atoms with Gasteiger partial charge in [0.25, 0.3) is 13.0 Å². The highest BCUT2D eigenvalue weighted by molar-refractivity contribution is 9.09. The van der Waals surface area contributed by atoms with E-state index < -0.39 is 32.5 Å². The maximum Gasteiger partial charge on any atom is 0.261 e. The Balaban J connectivity index is 3.35. The van der Waals surface area contributed by atoms with Gasteiger partial charge in [-0.15, -0.1) is 0 Å². The molecule has 152 valence electrons. The molecule has 11 heteroatoms. The van der Waals surface area contributed by atoms with Crippen LogP contribution in [0, 0.1) is 0 Å². The Kier molecular flexibility index (Phi) is 22.6. The first-order valence-corrected chi connectivity index (χ1v) is 15.9. The van der Waals surface area contributed by atoms with E-state index in [1.54, 1.807) is 0 Å². The van der Waals surface area contributed by atoms with Crippen molar-refractivity contribution in [2.24, 2.45) is 0 Å². The minimum Gasteiger partial charge on any atom is -0.379 e. The Hall–Kier alpha value is 1.24. The Morgan fingerprint density at radius 1 is 0.640 bits per heavy atom. The Bertz CT molecular complexity index is 237. The maximum atomic E-state index is 5.68. The smallest absolute Gasteiger partial charge is 0.261 e. The van der Waals surface area contributed by atoms with Gasteiger partial charge in [-0.2, -0.15) is 0 Å². The lowest BCUT2D eigenvalue weighted by atomic mass is 10.8. The van der Waals surface area contributed by atoms with Gasteiger partial charge in [0.1, 0.15) is 0 Å². The molecule has 0 aromatic carbocycles. The van der Waals surface area contributed by atoms with Gasteiger partial charge >= 0.3 is 0 Å². The zero-order chi connectivity index (χ0) is 18.6. The quantitative estimate of drug-likeness (QED) is 0.121. The highest BCUT2D eigenvalue weighted by Gasteiger charge is 2.08. The van der Waals surface area contributed by atoms with Crippen LogP contribution in [0.5, 0.6) is 0 Å². The van der Waals surface area contributed by atoms with Crippen LogP contribution in [0.4, 0.5) is 0 Å². The van der Waals surface area contributed by atoms with Gasteiger partial charge in [0.2, 0.25) is 0 Å². The van der Waals surface area contributed by atoms with Crippen LogP contribution in [0.3, 0.4) is 0 Å². The molecule has 0 aromatic rings. The SMILES string of the molecule is CCOC(OCC)O[SiH2]CCSSSCC[SiH2]OC(OCC)OCC. The maximum absolute atomic E-state index is 5.68. The van der Waals surface area contributed by atoms with Gasteiger partial charge in [0.05, 0.1) is 0 Å². The van der Waals surface area contributed by atoms with E-state index in [1.807, 2.05) is 59.1 Å². The monoisotopic (exact) mass is 450 g/mol. The van der Waals surface area contributed by atoms with E-state index in [-0.39, 0.29) is 0 Å². The number of rotatable bonds is 20. The van der Waals surface area contributed by atoms with Gasteiger partial charge in [-0.25, -0.2) is 0 Å². The Labute approximate surface area is 169 Å². The lowest BCUT2D eigenvalue weighted by Gasteiger charge is -2.17. The van der Waals surface area contributed by atoms with Crippen molar-refractivity contribution in [1.29, 1.82) is 0 Å². The third kappa shape index (κ3) is 18.4. The van der Waals surface area contributed by atoms with Gasteiger partial charge in [-0.3, -0.25) is 0 Å². The van der Waals surface area contributed by atoms with E-state index >= 15 is 0 Å². The first-order valence-electron chi connectivity index (χ1n) is 8.89. The molecule has 0 amide bonds. The van der Waals surface area contributed by atoms with Gasteiger partial charge in [-0.05, 0) is 49.6 Å². The highest BCUT2D eigenvalue weighted by Crippen LogP contribution is 2.35. The molecule has 0 rings (SSSR count). The summed E-state index contributed by atoms with van der Waals surface area (Å²) in [5.74, 6) is 2.22. The zero-order valence-corrected chi connectivity index (χ0v) is 21.2. The number of ether oxygens (including phenoxy) is 4. The van der Waals surface area contributed by atoms with E-state index in [0.717, 1.165) is 23.6 Å². The summed E-state index contributed by atoms with van der Waals surface area (Å²) in [4.78, 5) is 0. The molecule has 0 N–H and O–H groups in total. The van der Waals surface area contributed by atoms with E-state index in [9.17, 15) is 0 Å². The first kappa shape index (κ1) is 26.2. The van der Waals surface area contributed by atoms with Gasteiger partial charge in [-0.1, -0.05) is 21.6 Å². The van der Waals surface area contributed by atoms with Crippen LogP contribution in [0.2, 0.25) is 12.1 Å². The van der Waals surface area contributed by atoms with Gasteiger partial charge in [0, 0.05) is 37.9 Å². The van der Waals surface area contributed by atoms with Crippen LogP contribution in [0.25, 0.3) is 0 Å². The molecular weight excluding hydrogens is 417 g/mol. The third-order valence-electron chi connectivity index (χ3n) is 2.56. The van der Waals surface area contributed by atoms with Crippen molar-refractivity contribution in [1.82, 2.24) is 0 Å². The molecule has 25 heavy (non-hydrogen) atoms. The second-order valence-corrected chi connectivity index (χ2v) is 11.9.